The van der Waals surface area contributed by atoms with Crippen LogP contribution in [0.15, 0.2) is 29.2 Å². The quantitative estimate of drug-likeness (QED) is 0.535. The summed E-state index contributed by atoms with van der Waals surface area (Å²) in [4.78, 5) is 16.7. The topological polar surface area (TPSA) is 97.0 Å². The smallest absolute Gasteiger partial charge is 0.406 e. The molecule has 2 N–H and O–H groups in total. The van der Waals surface area contributed by atoms with E-state index in [4.69, 9.17) is 4.84 Å². The summed E-state index contributed by atoms with van der Waals surface area (Å²) in [5, 5.41) is 5.59. The van der Waals surface area contributed by atoms with E-state index in [1.165, 1.54) is 20.2 Å². The Morgan fingerprint density at radius 2 is 2.00 bits per heavy atom. The summed E-state index contributed by atoms with van der Waals surface area (Å²) in [6.45, 7) is 0.793. The fourth-order valence-electron chi connectivity index (χ4n) is 2.62. The van der Waals surface area contributed by atoms with Gasteiger partial charge in [0.05, 0.1) is 18.1 Å². The Morgan fingerprint density at radius 1 is 1.28 bits per heavy atom. The van der Waals surface area contributed by atoms with E-state index in [2.05, 4.69) is 15.4 Å². The lowest BCUT2D eigenvalue weighted by Gasteiger charge is -2.21. The van der Waals surface area contributed by atoms with Crippen molar-refractivity contribution in [3.63, 3.8) is 0 Å². The number of anilines is 1. The minimum atomic E-state index is -3.72. The van der Waals surface area contributed by atoms with E-state index < -0.39 is 16.1 Å². The lowest BCUT2D eigenvalue weighted by Crippen LogP contribution is -2.31. The maximum Gasteiger partial charge on any atom is 0.406 e. The molecular formula is C16H25N3O5S. The number of hydrogen-bond donors (Lipinski definition) is 2. The maximum absolute atomic E-state index is 12.6. The van der Waals surface area contributed by atoms with E-state index in [-0.39, 0.29) is 11.0 Å². The number of sulfonamides is 1. The number of methoxy groups -OCH3 is 1. The summed E-state index contributed by atoms with van der Waals surface area (Å²) in [7, 11) is -0.998. The van der Waals surface area contributed by atoms with Gasteiger partial charge in [-0.3, -0.25) is 4.84 Å². The van der Waals surface area contributed by atoms with Gasteiger partial charge in [-0.05, 0) is 31.0 Å². The average molecular weight is 371 g/mol. The fourth-order valence-corrected chi connectivity index (χ4v) is 3.68. The van der Waals surface area contributed by atoms with Gasteiger partial charge >= 0.3 is 6.09 Å². The zero-order valence-electron chi connectivity index (χ0n) is 14.5. The molecule has 0 aromatic heterocycles. The van der Waals surface area contributed by atoms with Gasteiger partial charge in [0, 0.05) is 25.8 Å². The van der Waals surface area contributed by atoms with Crippen LogP contribution in [0.5, 0.6) is 0 Å². The monoisotopic (exact) mass is 371 g/mol. The van der Waals surface area contributed by atoms with Gasteiger partial charge in [0.2, 0.25) is 0 Å². The first kappa shape index (κ1) is 19.5. The summed E-state index contributed by atoms with van der Waals surface area (Å²) < 4.78 is 30.7. The number of carbonyl (C=O) groups is 1. The summed E-state index contributed by atoms with van der Waals surface area (Å²) in [5.41, 5.74) is 0.641. The van der Waals surface area contributed by atoms with Crippen molar-refractivity contribution in [2.24, 2.45) is 0 Å². The van der Waals surface area contributed by atoms with Crippen LogP contribution in [0.3, 0.4) is 0 Å². The number of amides is 1. The molecule has 140 valence electrons. The van der Waals surface area contributed by atoms with Crippen molar-refractivity contribution in [3.05, 3.63) is 24.3 Å². The number of hydrogen-bond acceptors (Lipinski definition) is 6. The van der Waals surface area contributed by atoms with Crippen molar-refractivity contribution < 1.29 is 22.8 Å². The van der Waals surface area contributed by atoms with Crippen molar-refractivity contribution in [2.45, 2.75) is 36.7 Å². The minimum absolute atomic E-state index is 0.0366. The number of carbonyl (C=O) groups excluding carboxylic acids is 1. The molecular weight excluding hydrogens is 346 g/mol. The van der Waals surface area contributed by atoms with Gasteiger partial charge in [-0.15, -0.1) is 0 Å². The molecule has 0 spiro atoms. The average Bonchev–Trinajstić information content (AvgIpc) is 3.11. The lowest BCUT2D eigenvalue weighted by molar-refractivity contribution is -0.113. The molecule has 25 heavy (non-hydrogen) atoms. The van der Waals surface area contributed by atoms with Crippen LogP contribution >= 0.6 is 0 Å². The van der Waals surface area contributed by atoms with Gasteiger partial charge in [-0.2, -0.15) is 0 Å². The van der Waals surface area contributed by atoms with Crippen LogP contribution < -0.4 is 10.6 Å². The number of benzene rings is 1. The third-order valence-electron chi connectivity index (χ3n) is 3.98. The standard InChI is InChI=1S/C16H25N3O5S/c1-19(24-14-7-3-4-8-14)25(21,22)15-9-5-6-13(12-15)17-10-11-18-16(20)23-2/h5-6,9,12,14,17H,3-4,7-8,10-11H2,1-2H3,(H,18,20). The van der Waals surface area contributed by atoms with Crippen molar-refractivity contribution >= 4 is 21.8 Å². The molecule has 0 unspecified atom stereocenters. The zero-order chi connectivity index (χ0) is 18.3. The molecule has 1 amide bonds. The van der Waals surface area contributed by atoms with Crippen molar-refractivity contribution in [1.29, 1.82) is 0 Å². The normalized spacial score (nSPS) is 15.3. The van der Waals surface area contributed by atoms with Crippen LogP contribution in [0.1, 0.15) is 25.7 Å². The Kier molecular flexibility index (Phi) is 7.03. The zero-order valence-corrected chi connectivity index (χ0v) is 15.3. The van der Waals surface area contributed by atoms with E-state index in [0.717, 1.165) is 30.2 Å². The van der Waals surface area contributed by atoms with E-state index >= 15 is 0 Å². The van der Waals surface area contributed by atoms with Gasteiger partial charge in [0.25, 0.3) is 10.0 Å². The van der Waals surface area contributed by atoms with Crippen molar-refractivity contribution in [2.75, 3.05) is 32.6 Å². The molecule has 9 heteroatoms. The number of rotatable bonds is 8. The number of nitrogens with one attached hydrogen (secondary N) is 2. The van der Waals surface area contributed by atoms with E-state index in [9.17, 15) is 13.2 Å². The van der Waals surface area contributed by atoms with E-state index in [1.807, 2.05) is 0 Å². The molecule has 0 radical (unpaired) electrons. The first-order chi connectivity index (χ1) is 11.9. The van der Waals surface area contributed by atoms with Crippen LogP contribution in [-0.2, 0) is 19.6 Å². The highest BCUT2D eigenvalue weighted by molar-refractivity contribution is 7.89. The highest BCUT2D eigenvalue weighted by Gasteiger charge is 2.26. The second-order valence-corrected chi connectivity index (χ2v) is 7.74. The number of hydroxylamine groups is 1. The first-order valence-corrected chi connectivity index (χ1v) is 9.69. The molecule has 0 aliphatic heterocycles. The summed E-state index contributed by atoms with van der Waals surface area (Å²) >= 11 is 0. The van der Waals surface area contributed by atoms with E-state index in [1.54, 1.807) is 18.2 Å². The molecule has 1 saturated carbocycles. The molecule has 0 atom stereocenters. The Morgan fingerprint density at radius 3 is 2.68 bits per heavy atom. The molecule has 2 rings (SSSR count). The van der Waals surface area contributed by atoms with Crippen LogP contribution in [0.4, 0.5) is 10.5 Å². The van der Waals surface area contributed by atoms with Crippen molar-refractivity contribution in [1.82, 2.24) is 9.79 Å². The third kappa shape index (κ3) is 5.58. The second-order valence-electron chi connectivity index (χ2n) is 5.80. The molecule has 8 nitrogen and oxygen atoms in total. The first-order valence-electron chi connectivity index (χ1n) is 8.25. The van der Waals surface area contributed by atoms with Crippen LogP contribution in [0.2, 0.25) is 0 Å². The largest absolute Gasteiger partial charge is 0.453 e. The summed E-state index contributed by atoms with van der Waals surface area (Å²) in [6.07, 6.45) is 3.35. The highest BCUT2D eigenvalue weighted by Crippen LogP contribution is 2.25. The lowest BCUT2D eigenvalue weighted by atomic mass is 10.3. The molecule has 1 aliphatic rings. The fraction of sp³-hybridized carbons (Fsp3) is 0.562. The van der Waals surface area contributed by atoms with Gasteiger partial charge in [0.15, 0.2) is 0 Å². The van der Waals surface area contributed by atoms with Gasteiger partial charge in [-0.25, -0.2) is 13.2 Å². The molecule has 1 aromatic rings. The van der Waals surface area contributed by atoms with Gasteiger partial charge < -0.3 is 15.4 Å². The Balaban J connectivity index is 1.94. The van der Waals surface area contributed by atoms with Crippen molar-refractivity contribution in [3.8, 4) is 0 Å². The Bertz CT molecular complexity index is 674. The predicted octanol–water partition coefficient (Wildman–Crippen LogP) is 1.95. The third-order valence-corrected chi connectivity index (χ3v) is 5.59. The molecule has 0 saturated heterocycles. The van der Waals surface area contributed by atoms with E-state index in [0.29, 0.717) is 18.8 Å². The second kappa shape index (κ2) is 9.02. The number of alkyl carbamates (subject to hydrolysis) is 1. The molecule has 1 aliphatic carbocycles. The minimum Gasteiger partial charge on any atom is -0.453 e. The van der Waals surface area contributed by atoms with Crippen LogP contribution in [-0.4, -0.2) is 52.3 Å². The SMILES string of the molecule is COC(=O)NCCNc1cccc(S(=O)(=O)N(C)OC2CCCC2)c1. The molecule has 0 heterocycles. The Labute approximate surface area is 148 Å². The predicted molar refractivity (Wildman–Crippen MR) is 93.6 cm³/mol. The van der Waals surface area contributed by atoms with Crippen LogP contribution in [0, 0.1) is 0 Å². The highest BCUT2D eigenvalue weighted by atomic mass is 32.2. The summed E-state index contributed by atoms with van der Waals surface area (Å²) in [6, 6.07) is 6.49. The van der Waals surface area contributed by atoms with Gasteiger partial charge in [-0.1, -0.05) is 23.4 Å². The Hall–Kier alpha value is -1.84. The van der Waals surface area contributed by atoms with Gasteiger partial charge in [0.1, 0.15) is 0 Å². The number of nitrogens with zero attached hydrogens (tertiary/aromatic N) is 1. The summed E-state index contributed by atoms with van der Waals surface area (Å²) in [5.74, 6) is 0. The number of ether oxygens (including phenoxy) is 1. The molecule has 1 aromatic carbocycles. The molecule has 0 bridgehead atoms. The maximum atomic E-state index is 12.6. The molecule has 1 fully saturated rings. The van der Waals surface area contributed by atoms with Crippen LogP contribution in [0.25, 0.3) is 0 Å².